The van der Waals surface area contributed by atoms with Gasteiger partial charge in [-0.15, -0.1) is 11.3 Å². The predicted octanol–water partition coefficient (Wildman–Crippen LogP) is 2.80. The van der Waals surface area contributed by atoms with Crippen molar-refractivity contribution in [2.24, 2.45) is 5.73 Å². The lowest BCUT2D eigenvalue weighted by Gasteiger charge is -2.13. The lowest BCUT2D eigenvalue weighted by molar-refractivity contribution is 0.551. The largest absolute Gasteiger partial charge is 0.320 e. The molecule has 0 aliphatic rings. The first-order valence-corrected chi connectivity index (χ1v) is 5.45. The van der Waals surface area contributed by atoms with Crippen LogP contribution in [0.5, 0.6) is 0 Å². The van der Waals surface area contributed by atoms with Crippen LogP contribution in [-0.2, 0) is 5.54 Å². The van der Waals surface area contributed by atoms with Gasteiger partial charge < -0.3 is 5.73 Å². The molecular formula is C11H14N2S. The molecule has 0 aliphatic heterocycles. The van der Waals surface area contributed by atoms with Gasteiger partial charge in [0, 0.05) is 0 Å². The van der Waals surface area contributed by atoms with Crippen LogP contribution in [0.15, 0.2) is 18.2 Å². The van der Waals surface area contributed by atoms with E-state index in [1.54, 1.807) is 11.3 Å². The zero-order valence-corrected chi connectivity index (χ0v) is 9.48. The normalized spacial score (nSPS) is 12.3. The van der Waals surface area contributed by atoms with Crippen molar-refractivity contribution in [2.45, 2.75) is 26.3 Å². The maximum absolute atomic E-state index is 6.02. The molecule has 1 aromatic carbocycles. The highest BCUT2D eigenvalue weighted by Gasteiger charge is 2.19. The summed E-state index contributed by atoms with van der Waals surface area (Å²) < 4.78 is 1.22. The summed E-state index contributed by atoms with van der Waals surface area (Å²) in [6.07, 6.45) is 0. The number of fused-ring (bicyclic) bond motifs is 1. The summed E-state index contributed by atoms with van der Waals surface area (Å²) in [5, 5.41) is 1.00. The quantitative estimate of drug-likeness (QED) is 0.779. The number of nitrogens with zero attached hydrogens (tertiary/aromatic N) is 1. The number of aryl methyl sites for hydroxylation is 1. The van der Waals surface area contributed by atoms with Gasteiger partial charge in [0.05, 0.1) is 15.8 Å². The maximum atomic E-state index is 6.02. The molecular weight excluding hydrogens is 192 g/mol. The number of para-hydroxylation sites is 1. The number of rotatable bonds is 1. The molecule has 0 fully saturated rings. The standard InChI is InChI=1S/C11H14N2S/c1-7-5-4-6-8-9(7)13-10(14-8)11(2,3)12/h4-6H,12H2,1-3H3. The van der Waals surface area contributed by atoms with Crippen molar-refractivity contribution in [3.8, 4) is 0 Å². The van der Waals surface area contributed by atoms with Gasteiger partial charge in [-0.1, -0.05) is 12.1 Å². The summed E-state index contributed by atoms with van der Waals surface area (Å²) in [7, 11) is 0. The number of nitrogens with two attached hydrogens (primary N) is 1. The van der Waals surface area contributed by atoms with Crippen LogP contribution in [0, 0.1) is 6.92 Å². The fourth-order valence-corrected chi connectivity index (χ4v) is 2.42. The third-order valence-corrected chi connectivity index (χ3v) is 3.53. The summed E-state index contributed by atoms with van der Waals surface area (Å²) in [5.74, 6) is 0. The Hall–Kier alpha value is -0.930. The summed E-state index contributed by atoms with van der Waals surface area (Å²) in [6.45, 7) is 6.05. The van der Waals surface area contributed by atoms with Crippen LogP contribution in [0.3, 0.4) is 0 Å². The van der Waals surface area contributed by atoms with Crippen LogP contribution in [0.25, 0.3) is 10.2 Å². The third-order valence-electron chi connectivity index (χ3n) is 2.17. The topological polar surface area (TPSA) is 38.9 Å². The van der Waals surface area contributed by atoms with E-state index in [1.807, 2.05) is 13.8 Å². The van der Waals surface area contributed by atoms with E-state index in [9.17, 15) is 0 Å². The van der Waals surface area contributed by atoms with Gasteiger partial charge >= 0.3 is 0 Å². The zero-order valence-electron chi connectivity index (χ0n) is 8.66. The average Bonchev–Trinajstić information content (AvgIpc) is 2.48. The highest BCUT2D eigenvalue weighted by atomic mass is 32.1. The number of benzene rings is 1. The smallest absolute Gasteiger partial charge is 0.113 e. The first-order valence-electron chi connectivity index (χ1n) is 4.64. The van der Waals surface area contributed by atoms with Crippen molar-refractivity contribution in [2.75, 3.05) is 0 Å². The van der Waals surface area contributed by atoms with Crippen LogP contribution < -0.4 is 5.73 Å². The summed E-state index contributed by atoms with van der Waals surface area (Å²) in [4.78, 5) is 4.58. The third kappa shape index (κ3) is 1.53. The van der Waals surface area contributed by atoms with Gasteiger partial charge in [0.25, 0.3) is 0 Å². The van der Waals surface area contributed by atoms with Crippen LogP contribution in [-0.4, -0.2) is 4.98 Å². The molecule has 0 saturated heterocycles. The Labute approximate surface area is 87.8 Å². The van der Waals surface area contributed by atoms with Gasteiger partial charge in [-0.25, -0.2) is 4.98 Å². The molecule has 1 heterocycles. The minimum absolute atomic E-state index is 0.337. The molecule has 0 spiro atoms. The first kappa shape index (κ1) is 9.62. The molecule has 14 heavy (non-hydrogen) atoms. The van der Waals surface area contributed by atoms with Crippen molar-refractivity contribution in [3.63, 3.8) is 0 Å². The number of hydrogen-bond acceptors (Lipinski definition) is 3. The molecule has 2 N–H and O–H groups in total. The second kappa shape index (κ2) is 3.04. The SMILES string of the molecule is Cc1cccc2sc(C(C)(C)N)nc12. The summed E-state index contributed by atoms with van der Waals surface area (Å²) in [5.41, 5.74) is 7.99. The highest BCUT2D eigenvalue weighted by Crippen LogP contribution is 2.29. The van der Waals surface area contributed by atoms with Gasteiger partial charge in [0.15, 0.2) is 0 Å². The Kier molecular flexibility index (Phi) is 2.09. The molecule has 2 aromatic rings. The molecule has 74 valence electrons. The summed E-state index contributed by atoms with van der Waals surface area (Å²) >= 11 is 1.68. The second-order valence-electron chi connectivity index (χ2n) is 4.16. The van der Waals surface area contributed by atoms with Crippen molar-refractivity contribution in [3.05, 3.63) is 28.8 Å². The number of thiazole rings is 1. The zero-order chi connectivity index (χ0) is 10.3. The van der Waals surface area contributed by atoms with E-state index in [1.165, 1.54) is 10.3 Å². The molecule has 0 unspecified atom stereocenters. The first-order chi connectivity index (χ1) is 6.48. The monoisotopic (exact) mass is 206 g/mol. The Morgan fingerprint density at radius 3 is 2.64 bits per heavy atom. The van der Waals surface area contributed by atoms with E-state index in [2.05, 4.69) is 30.1 Å². The number of aromatic nitrogens is 1. The van der Waals surface area contributed by atoms with E-state index in [-0.39, 0.29) is 5.54 Å². The molecule has 0 aliphatic carbocycles. The fraction of sp³-hybridized carbons (Fsp3) is 0.364. The van der Waals surface area contributed by atoms with Crippen LogP contribution in [0.2, 0.25) is 0 Å². The van der Waals surface area contributed by atoms with Crippen LogP contribution >= 0.6 is 11.3 Å². The predicted molar refractivity (Wildman–Crippen MR) is 61.6 cm³/mol. The van der Waals surface area contributed by atoms with Crippen LogP contribution in [0.1, 0.15) is 24.4 Å². The molecule has 0 atom stereocenters. The van der Waals surface area contributed by atoms with Gasteiger partial charge in [0.2, 0.25) is 0 Å². The van der Waals surface area contributed by atoms with Crippen molar-refractivity contribution >= 4 is 21.6 Å². The molecule has 3 heteroatoms. The summed E-state index contributed by atoms with van der Waals surface area (Å²) in [6, 6.07) is 6.23. The van der Waals surface area contributed by atoms with E-state index >= 15 is 0 Å². The molecule has 0 amide bonds. The Morgan fingerprint density at radius 2 is 2.07 bits per heavy atom. The van der Waals surface area contributed by atoms with Gasteiger partial charge in [0.1, 0.15) is 5.01 Å². The van der Waals surface area contributed by atoms with Crippen molar-refractivity contribution < 1.29 is 0 Å². The molecule has 0 radical (unpaired) electrons. The van der Waals surface area contributed by atoms with E-state index in [4.69, 9.17) is 5.73 Å². The molecule has 1 aromatic heterocycles. The van der Waals surface area contributed by atoms with Gasteiger partial charge in [-0.2, -0.15) is 0 Å². The lowest BCUT2D eigenvalue weighted by atomic mass is 10.1. The lowest BCUT2D eigenvalue weighted by Crippen LogP contribution is -2.28. The maximum Gasteiger partial charge on any atom is 0.113 e. The van der Waals surface area contributed by atoms with E-state index in [0.29, 0.717) is 0 Å². The highest BCUT2D eigenvalue weighted by molar-refractivity contribution is 7.18. The Bertz CT molecular complexity index is 466. The fourth-order valence-electron chi connectivity index (χ4n) is 1.36. The Balaban J connectivity index is 2.69. The van der Waals surface area contributed by atoms with Gasteiger partial charge in [-0.3, -0.25) is 0 Å². The van der Waals surface area contributed by atoms with E-state index in [0.717, 1.165) is 10.5 Å². The molecule has 2 nitrogen and oxygen atoms in total. The molecule has 2 rings (SSSR count). The molecule has 0 bridgehead atoms. The van der Waals surface area contributed by atoms with Crippen LogP contribution in [0.4, 0.5) is 0 Å². The minimum atomic E-state index is -0.337. The average molecular weight is 206 g/mol. The molecule has 0 saturated carbocycles. The second-order valence-corrected chi connectivity index (χ2v) is 5.19. The van der Waals surface area contributed by atoms with Gasteiger partial charge in [-0.05, 0) is 32.4 Å². The number of hydrogen-bond donors (Lipinski definition) is 1. The minimum Gasteiger partial charge on any atom is -0.320 e. The van der Waals surface area contributed by atoms with E-state index < -0.39 is 0 Å². The van der Waals surface area contributed by atoms with Crippen molar-refractivity contribution in [1.82, 2.24) is 4.98 Å². The Morgan fingerprint density at radius 1 is 1.36 bits per heavy atom. The van der Waals surface area contributed by atoms with Crippen molar-refractivity contribution in [1.29, 1.82) is 0 Å².